The van der Waals surface area contributed by atoms with Crippen molar-refractivity contribution in [3.8, 4) is 0 Å². The molecule has 0 spiro atoms. The lowest BCUT2D eigenvalue weighted by Crippen LogP contribution is -2.33. The van der Waals surface area contributed by atoms with Crippen LogP contribution in [-0.4, -0.2) is 20.5 Å². The second-order valence-electron chi connectivity index (χ2n) is 3.36. The molecule has 0 amide bonds. The summed E-state index contributed by atoms with van der Waals surface area (Å²) in [6.07, 6.45) is 0.897. The molecule has 0 fully saturated rings. The largest absolute Gasteiger partial charge is 0.411 e. The molecule has 1 aromatic carbocycles. The Morgan fingerprint density at radius 1 is 1.31 bits per heavy atom. The summed E-state index contributed by atoms with van der Waals surface area (Å²) in [6.45, 7) is 1.82. The lowest BCUT2D eigenvalue weighted by Gasteiger charge is -2.16. The summed E-state index contributed by atoms with van der Waals surface area (Å²) >= 11 is 0. The zero-order valence-corrected chi connectivity index (χ0v) is 9.16. The lowest BCUT2D eigenvalue weighted by molar-refractivity contribution is 0.296. The first-order valence-electron chi connectivity index (χ1n) is 4.45. The summed E-state index contributed by atoms with van der Waals surface area (Å²) in [4.78, 5) is 9.70. The zero-order valence-electron chi connectivity index (χ0n) is 8.16. The molecule has 0 aliphatic rings. The van der Waals surface area contributed by atoms with E-state index in [2.05, 4.69) is 12.1 Å². The van der Waals surface area contributed by atoms with E-state index in [1.807, 2.05) is 24.7 Å². The molecule has 13 heavy (non-hydrogen) atoms. The first-order valence-corrected chi connectivity index (χ1v) is 7.02. The minimum absolute atomic E-state index is 0.757. The van der Waals surface area contributed by atoms with Gasteiger partial charge in [0, 0.05) is 7.11 Å². The van der Waals surface area contributed by atoms with Crippen molar-refractivity contribution in [1.29, 1.82) is 0 Å². The smallest absolute Gasteiger partial charge is 0.332 e. The van der Waals surface area contributed by atoms with Crippen LogP contribution in [0.1, 0.15) is 5.56 Å². The fourth-order valence-electron chi connectivity index (χ4n) is 1.12. The third-order valence-electron chi connectivity index (χ3n) is 2.16. The topological polar surface area (TPSA) is 29.5 Å². The van der Waals surface area contributed by atoms with Crippen molar-refractivity contribution >= 4 is 8.56 Å². The summed E-state index contributed by atoms with van der Waals surface area (Å²) in [7, 11) is -0.779. The van der Waals surface area contributed by atoms with Crippen LogP contribution in [0.3, 0.4) is 0 Å². The molecule has 0 aromatic heterocycles. The molecule has 1 rings (SSSR count). The van der Waals surface area contributed by atoms with E-state index < -0.39 is 8.56 Å². The van der Waals surface area contributed by atoms with Gasteiger partial charge in [-0.15, -0.1) is 0 Å². The minimum Gasteiger partial charge on any atom is -0.411 e. The molecule has 0 saturated carbocycles. The molecule has 0 heterocycles. The second-order valence-corrected chi connectivity index (χ2v) is 6.62. The number of hydrogen-bond acceptors (Lipinski definition) is 2. The van der Waals surface area contributed by atoms with E-state index in [0.29, 0.717) is 0 Å². The monoisotopic (exact) mass is 196 g/mol. The van der Waals surface area contributed by atoms with Crippen molar-refractivity contribution in [2.45, 2.75) is 19.0 Å². The quantitative estimate of drug-likeness (QED) is 0.746. The highest BCUT2D eigenvalue weighted by Crippen LogP contribution is 2.11. The van der Waals surface area contributed by atoms with Gasteiger partial charge in [0.05, 0.1) is 0 Å². The van der Waals surface area contributed by atoms with Gasteiger partial charge in [0.25, 0.3) is 0 Å². The van der Waals surface area contributed by atoms with Crippen molar-refractivity contribution in [2.75, 3.05) is 7.11 Å². The SMILES string of the molecule is CO[Si](C)(O)CCc1ccccc1. The van der Waals surface area contributed by atoms with Crippen LogP contribution < -0.4 is 0 Å². The summed E-state index contributed by atoms with van der Waals surface area (Å²) in [5, 5.41) is 0. The number of hydrogen-bond donors (Lipinski definition) is 1. The third-order valence-corrected chi connectivity index (χ3v) is 4.22. The fraction of sp³-hybridized carbons (Fsp3) is 0.400. The summed E-state index contributed by atoms with van der Waals surface area (Å²) in [5.41, 5.74) is 1.26. The molecule has 0 bridgehead atoms. The Morgan fingerprint density at radius 3 is 2.46 bits per heavy atom. The Morgan fingerprint density at radius 2 is 1.92 bits per heavy atom. The van der Waals surface area contributed by atoms with Crippen molar-refractivity contribution in [3.63, 3.8) is 0 Å². The third kappa shape index (κ3) is 3.72. The molecule has 1 atom stereocenters. The molecular weight excluding hydrogens is 180 g/mol. The van der Waals surface area contributed by atoms with Gasteiger partial charge in [0.15, 0.2) is 0 Å². The normalized spacial score (nSPS) is 15.3. The fourth-order valence-corrected chi connectivity index (χ4v) is 2.08. The average Bonchev–Trinajstić information content (AvgIpc) is 2.17. The van der Waals surface area contributed by atoms with Crippen molar-refractivity contribution in [3.05, 3.63) is 35.9 Å². The van der Waals surface area contributed by atoms with Gasteiger partial charge in [-0.3, -0.25) is 0 Å². The van der Waals surface area contributed by atoms with Crippen LogP contribution in [0.5, 0.6) is 0 Å². The Hall–Kier alpha value is -0.643. The number of aryl methyl sites for hydroxylation is 1. The molecule has 2 nitrogen and oxygen atoms in total. The number of rotatable bonds is 4. The number of benzene rings is 1. The highest BCUT2D eigenvalue weighted by Gasteiger charge is 2.24. The standard InChI is InChI=1S/C10H16O2Si/c1-12-13(2,11)9-8-10-6-4-3-5-7-10/h3-7,11H,8-9H2,1-2H3. The van der Waals surface area contributed by atoms with Crippen LogP contribution in [0.2, 0.25) is 12.6 Å². The van der Waals surface area contributed by atoms with Crippen LogP contribution in [0.25, 0.3) is 0 Å². The van der Waals surface area contributed by atoms with Crippen LogP contribution in [0.4, 0.5) is 0 Å². The lowest BCUT2D eigenvalue weighted by atomic mass is 10.2. The van der Waals surface area contributed by atoms with Crippen molar-refractivity contribution in [2.24, 2.45) is 0 Å². The predicted octanol–water partition coefficient (Wildman–Crippen LogP) is 1.94. The Balaban J connectivity index is 2.44. The average molecular weight is 196 g/mol. The molecule has 0 aliphatic carbocycles. The second kappa shape index (κ2) is 4.55. The van der Waals surface area contributed by atoms with E-state index >= 15 is 0 Å². The summed E-state index contributed by atoms with van der Waals surface area (Å²) in [5.74, 6) is 0. The molecule has 0 radical (unpaired) electrons. The highest BCUT2D eigenvalue weighted by molar-refractivity contribution is 6.64. The van der Waals surface area contributed by atoms with E-state index in [1.54, 1.807) is 7.11 Å². The summed E-state index contributed by atoms with van der Waals surface area (Å²) < 4.78 is 5.05. The van der Waals surface area contributed by atoms with E-state index in [0.717, 1.165) is 12.5 Å². The van der Waals surface area contributed by atoms with E-state index in [9.17, 15) is 4.80 Å². The zero-order chi connectivity index (χ0) is 9.73. The van der Waals surface area contributed by atoms with Gasteiger partial charge in [-0.25, -0.2) is 0 Å². The van der Waals surface area contributed by atoms with E-state index in [4.69, 9.17) is 4.43 Å². The van der Waals surface area contributed by atoms with Gasteiger partial charge in [-0.1, -0.05) is 30.3 Å². The van der Waals surface area contributed by atoms with Crippen LogP contribution >= 0.6 is 0 Å². The van der Waals surface area contributed by atoms with Crippen molar-refractivity contribution < 1.29 is 9.22 Å². The van der Waals surface area contributed by atoms with Gasteiger partial charge in [-0.05, 0) is 24.6 Å². The molecule has 72 valence electrons. The predicted molar refractivity (Wildman–Crippen MR) is 55.8 cm³/mol. The first kappa shape index (κ1) is 10.4. The maximum atomic E-state index is 9.70. The maximum absolute atomic E-state index is 9.70. The van der Waals surface area contributed by atoms with Crippen LogP contribution in [0.15, 0.2) is 30.3 Å². The Labute approximate surface area is 80.4 Å². The molecule has 0 saturated heterocycles. The van der Waals surface area contributed by atoms with E-state index in [-0.39, 0.29) is 0 Å². The van der Waals surface area contributed by atoms with Gasteiger partial charge in [0.2, 0.25) is 0 Å². The molecule has 3 heteroatoms. The molecular formula is C10H16O2Si. The van der Waals surface area contributed by atoms with Crippen LogP contribution in [0, 0.1) is 0 Å². The van der Waals surface area contributed by atoms with Crippen LogP contribution in [-0.2, 0) is 10.8 Å². The maximum Gasteiger partial charge on any atom is 0.332 e. The van der Waals surface area contributed by atoms with Gasteiger partial charge in [-0.2, -0.15) is 0 Å². The molecule has 1 unspecified atom stereocenters. The summed E-state index contributed by atoms with van der Waals surface area (Å²) in [6, 6.07) is 10.9. The Bertz CT molecular complexity index is 246. The molecule has 0 aliphatic heterocycles. The van der Waals surface area contributed by atoms with Gasteiger partial charge < -0.3 is 9.22 Å². The van der Waals surface area contributed by atoms with E-state index in [1.165, 1.54) is 5.56 Å². The van der Waals surface area contributed by atoms with Gasteiger partial charge in [0.1, 0.15) is 0 Å². The molecule has 1 N–H and O–H groups in total. The highest BCUT2D eigenvalue weighted by atomic mass is 28.4. The van der Waals surface area contributed by atoms with Crippen molar-refractivity contribution in [1.82, 2.24) is 0 Å². The minimum atomic E-state index is -2.36. The molecule has 1 aromatic rings. The van der Waals surface area contributed by atoms with Gasteiger partial charge >= 0.3 is 8.56 Å². The Kier molecular flexibility index (Phi) is 3.66. The first-order chi connectivity index (χ1) is 6.14.